The van der Waals surface area contributed by atoms with E-state index in [1.165, 1.54) is 0 Å². The Morgan fingerprint density at radius 2 is 2.15 bits per heavy atom. The smallest absolute Gasteiger partial charge is 0.273 e. The van der Waals surface area contributed by atoms with Crippen LogP contribution in [0.15, 0.2) is 53.4 Å². The van der Waals surface area contributed by atoms with Crippen LogP contribution in [0.2, 0.25) is 0 Å². The highest BCUT2D eigenvalue weighted by Crippen LogP contribution is 2.19. The van der Waals surface area contributed by atoms with Crippen LogP contribution in [0.4, 0.5) is 0 Å². The normalized spacial score (nSPS) is 10.4. The molecule has 0 saturated carbocycles. The summed E-state index contributed by atoms with van der Waals surface area (Å²) in [4.78, 5) is 18.7. The van der Waals surface area contributed by atoms with Crippen LogP contribution in [-0.4, -0.2) is 21.0 Å². The molecule has 3 aromatic rings. The molecule has 0 radical (unpaired) electrons. The fraction of sp³-hybridized carbons (Fsp3) is 0.0714. The fourth-order valence-corrected chi connectivity index (χ4v) is 1.77. The zero-order valence-electron chi connectivity index (χ0n) is 10.5. The van der Waals surface area contributed by atoms with E-state index in [2.05, 4.69) is 20.4 Å². The van der Waals surface area contributed by atoms with Gasteiger partial charge in [0.15, 0.2) is 11.5 Å². The largest absolute Gasteiger partial charge is 0.355 e. The minimum Gasteiger partial charge on any atom is -0.355 e. The van der Waals surface area contributed by atoms with Crippen LogP contribution in [0.25, 0.3) is 11.3 Å². The monoisotopic (exact) mass is 268 g/mol. The molecular formula is C14H12N4O2. The lowest BCUT2D eigenvalue weighted by Crippen LogP contribution is -2.23. The number of hydrogen-bond donors (Lipinski definition) is 2. The topological polar surface area (TPSA) is 83.8 Å². The average molecular weight is 268 g/mol. The highest BCUT2D eigenvalue weighted by atomic mass is 16.5. The third-order valence-corrected chi connectivity index (χ3v) is 2.80. The van der Waals surface area contributed by atoms with Gasteiger partial charge >= 0.3 is 0 Å². The molecule has 0 aliphatic carbocycles. The van der Waals surface area contributed by atoms with Gasteiger partial charge in [-0.3, -0.25) is 4.79 Å². The van der Waals surface area contributed by atoms with E-state index in [4.69, 9.17) is 4.52 Å². The number of imidazole rings is 1. The van der Waals surface area contributed by atoms with E-state index in [1.807, 2.05) is 30.3 Å². The molecule has 0 unspecified atom stereocenters. The molecule has 1 aromatic carbocycles. The van der Waals surface area contributed by atoms with E-state index in [-0.39, 0.29) is 11.6 Å². The molecule has 0 saturated heterocycles. The number of carbonyl (C=O) groups excluding carboxylic acids is 1. The van der Waals surface area contributed by atoms with Gasteiger partial charge in [-0.1, -0.05) is 35.5 Å². The van der Waals surface area contributed by atoms with Crippen LogP contribution in [-0.2, 0) is 6.54 Å². The number of amides is 1. The van der Waals surface area contributed by atoms with Gasteiger partial charge in [-0.05, 0) is 0 Å². The molecule has 3 rings (SSSR count). The van der Waals surface area contributed by atoms with Crippen molar-refractivity contribution in [2.24, 2.45) is 0 Å². The van der Waals surface area contributed by atoms with Gasteiger partial charge < -0.3 is 14.8 Å². The second kappa shape index (κ2) is 5.40. The maximum Gasteiger partial charge on any atom is 0.273 e. The molecule has 0 atom stereocenters. The first-order valence-corrected chi connectivity index (χ1v) is 6.10. The first kappa shape index (κ1) is 12.2. The van der Waals surface area contributed by atoms with Crippen LogP contribution in [0, 0.1) is 0 Å². The van der Waals surface area contributed by atoms with Crippen molar-refractivity contribution in [2.45, 2.75) is 6.54 Å². The van der Waals surface area contributed by atoms with Gasteiger partial charge in [-0.25, -0.2) is 4.98 Å². The molecule has 20 heavy (non-hydrogen) atoms. The first-order valence-electron chi connectivity index (χ1n) is 6.10. The van der Waals surface area contributed by atoms with Crippen LogP contribution < -0.4 is 5.32 Å². The zero-order chi connectivity index (χ0) is 13.8. The Morgan fingerprint density at radius 3 is 2.90 bits per heavy atom. The van der Waals surface area contributed by atoms with Crippen LogP contribution in [0.5, 0.6) is 0 Å². The van der Waals surface area contributed by atoms with Crippen molar-refractivity contribution in [1.29, 1.82) is 0 Å². The molecule has 6 nitrogen and oxygen atoms in total. The Bertz CT molecular complexity index is 689. The van der Waals surface area contributed by atoms with Gasteiger partial charge in [0.25, 0.3) is 5.91 Å². The van der Waals surface area contributed by atoms with E-state index in [1.54, 1.807) is 18.6 Å². The summed E-state index contributed by atoms with van der Waals surface area (Å²) in [6.07, 6.45) is 3.21. The molecule has 2 aromatic heterocycles. The van der Waals surface area contributed by atoms with Gasteiger partial charge in [0.2, 0.25) is 0 Å². The molecule has 0 aliphatic rings. The molecule has 0 spiro atoms. The summed E-state index contributed by atoms with van der Waals surface area (Å²) in [5.74, 6) is 0.280. The van der Waals surface area contributed by atoms with Crippen LogP contribution in [0.1, 0.15) is 16.2 Å². The lowest BCUT2D eigenvalue weighted by atomic mass is 10.1. The summed E-state index contributed by atoms with van der Waals surface area (Å²) < 4.78 is 5.18. The molecule has 2 N–H and O–H groups in total. The number of nitrogens with zero attached hydrogens (tertiary/aromatic N) is 2. The SMILES string of the molecule is O=C(NCc1cnc[nH]1)c1cc(-c2ccccc2)on1. The van der Waals surface area contributed by atoms with Crippen molar-refractivity contribution >= 4 is 5.91 Å². The van der Waals surface area contributed by atoms with Gasteiger partial charge in [-0.2, -0.15) is 0 Å². The third-order valence-electron chi connectivity index (χ3n) is 2.80. The Kier molecular flexibility index (Phi) is 3.28. The van der Waals surface area contributed by atoms with Crippen molar-refractivity contribution in [3.63, 3.8) is 0 Å². The number of H-pyrrole nitrogens is 1. The average Bonchev–Trinajstić information content (AvgIpc) is 3.17. The van der Waals surface area contributed by atoms with Crippen LogP contribution in [0.3, 0.4) is 0 Å². The van der Waals surface area contributed by atoms with Gasteiger partial charge in [-0.15, -0.1) is 0 Å². The molecule has 1 amide bonds. The molecule has 6 heteroatoms. The molecular weight excluding hydrogens is 256 g/mol. The fourth-order valence-electron chi connectivity index (χ4n) is 1.77. The van der Waals surface area contributed by atoms with Gasteiger partial charge in [0.05, 0.1) is 18.6 Å². The Balaban J connectivity index is 1.69. The number of hydrogen-bond acceptors (Lipinski definition) is 4. The Morgan fingerprint density at radius 1 is 1.30 bits per heavy atom. The summed E-state index contributed by atoms with van der Waals surface area (Å²) in [5, 5.41) is 6.51. The summed E-state index contributed by atoms with van der Waals surface area (Å²) >= 11 is 0. The summed E-state index contributed by atoms with van der Waals surface area (Å²) in [5.41, 5.74) is 1.96. The quantitative estimate of drug-likeness (QED) is 0.758. The zero-order valence-corrected chi connectivity index (χ0v) is 10.5. The molecule has 2 heterocycles. The number of rotatable bonds is 4. The highest BCUT2D eigenvalue weighted by molar-refractivity contribution is 5.92. The number of nitrogens with one attached hydrogen (secondary N) is 2. The maximum atomic E-state index is 11.9. The Labute approximate surface area is 114 Å². The predicted octanol–water partition coefficient (Wildman–Crippen LogP) is 1.99. The number of aromatic nitrogens is 3. The van der Waals surface area contributed by atoms with E-state index in [0.717, 1.165) is 11.3 Å². The summed E-state index contributed by atoms with van der Waals surface area (Å²) in [7, 11) is 0. The van der Waals surface area contributed by atoms with Crippen molar-refractivity contribution in [3.05, 3.63) is 60.3 Å². The van der Waals surface area contributed by atoms with Crippen molar-refractivity contribution in [2.75, 3.05) is 0 Å². The minimum absolute atomic E-state index is 0.253. The molecule has 0 fully saturated rings. The summed E-state index contributed by atoms with van der Waals surface area (Å²) in [6, 6.07) is 11.1. The number of benzene rings is 1. The lowest BCUT2D eigenvalue weighted by molar-refractivity contribution is 0.0941. The van der Waals surface area contributed by atoms with Gasteiger partial charge in [0.1, 0.15) is 0 Å². The first-order chi connectivity index (χ1) is 9.83. The summed E-state index contributed by atoms with van der Waals surface area (Å²) in [6.45, 7) is 0.367. The van der Waals surface area contributed by atoms with Gasteiger partial charge in [0, 0.05) is 17.8 Å². The lowest BCUT2D eigenvalue weighted by Gasteiger charge is -1.99. The van der Waals surface area contributed by atoms with Crippen molar-refractivity contribution < 1.29 is 9.32 Å². The number of aromatic amines is 1. The van der Waals surface area contributed by atoms with Crippen LogP contribution >= 0.6 is 0 Å². The predicted molar refractivity (Wildman–Crippen MR) is 71.7 cm³/mol. The molecule has 0 bridgehead atoms. The number of carbonyl (C=O) groups is 1. The third kappa shape index (κ3) is 2.59. The van der Waals surface area contributed by atoms with E-state index in [0.29, 0.717) is 12.3 Å². The second-order valence-corrected chi connectivity index (χ2v) is 4.20. The van der Waals surface area contributed by atoms with E-state index >= 15 is 0 Å². The second-order valence-electron chi connectivity index (χ2n) is 4.20. The van der Waals surface area contributed by atoms with Crippen molar-refractivity contribution in [3.8, 4) is 11.3 Å². The highest BCUT2D eigenvalue weighted by Gasteiger charge is 2.13. The minimum atomic E-state index is -0.287. The molecule has 100 valence electrons. The Hall–Kier alpha value is -2.89. The van der Waals surface area contributed by atoms with Crippen molar-refractivity contribution in [1.82, 2.24) is 20.4 Å². The van der Waals surface area contributed by atoms with E-state index < -0.39 is 0 Å². The standard InChI is InChI=1S/C14H12N4O2/c19-14(16-8-11-7-15-9-17-11)12-6-13(20-18-12)10-4-2-1-3-5-10/h1-7,9H,8H2,(H,15,17)(H,16,19). The van der Waals surface area contributed by atoms with E-state index in [9.17, 15) is 4.79 Å². The molecule has 0 aliphatic heterocycles. The maximum absolute atomic E-state index is 11.9.